The van der Waals surface area contributed by atoms with Gasteiger partial charge in [0.25, 0.3) is 0 Å². The van der Waals surface area contributed by atoms with Crippen LogP contribution < -0.4 is 15.4 Å². The van der Waals surface area contributed by atoms with E-state index in [9.17, 15) is 9.59 Å². The van der Waals surface area contributed by atoms with Gasteiger partial charge in [0.15, 0.2) is 0 Å². The lowest BCUT2D eigenvalue weighted by Crippen LogP contribution is -2.19. The molecule has 0 heterocycles. The smallest absolute Gasteiger partial charge is 0.242 e. The number of benzene rings is 3. The number of carbonyl (C=O) groups excluding carboxylic acids is 2. The van der Waals surface area contributed by atoms with E-state index in [1.54, 1.807) is 25.3 Å². The summed E-state index contributed by atoms with van der Waals surface area (Å²) in [5, 5.41) is 5.85. The zero-order chi connectivity index (χ0) is 22.5. The number of halogens is 1. The molecule has 1 fully saturated rings. The van der Waals surface area contributed by atoms with E-state index in [4.69, 9.17) is 16.3 Å². The Morgan fingerprint density at radius 2 is 1.66 bits per heavy atom. The summed E-state index contributed by atoms with van der Waals surface area (Å²) in [6.45, 7) is 0. The summed E-state index contributed by atoms with van der Waals surface area (Å²) in [7, 11) is 1.55. The number of thioether (sulfide) groups is 1. The summed E-state index contributed by atoms with van der Waals surface area (Å²) in [5.41, 5.74) is 2.25. The van der Waals surface area contributed by atoms with Gasteiger partial charge in [-0.2, -0.15) is 0 Å². The molecule has 0 radical (unpaired) electrons. The van der Waals surface area contributed by atoms with Crippen LogP contribution in [-0.4, -0.2) is 18.9 Å². The van der Waals surface area contributed by atoms with Crippen molar-refractivity contribution >= 4 is 46.6 Å². The Kier molecular flexibility index (Phi) is 7.02. The van der Waals surface area contributed by atoms with Crippen LogP contribution in [-0.2, 0) is 9.59 Å². The molecule has 1 aliphatic rings. The van der Waals surface area contributed by atoms with Crippen molar-refractivity contribution in [1.82, 2.24) is 0 Å². The molecule has 3 aromatic carbocycles. The molecule has 32 heavy (non-hydrogen) atoms. The quantitative estimate of drug-likeness (QED) is 0.389. The molecular formula is C25H23ClN2O3S. The maximum absolute atomic E-state index is 13.2. The normalized spacial score (nSPS) is 13.8. The number of hydrogen-bond acceptors (Lipinski definition) is 4. The summed E-state index contributed by atoms with van der Waals surface area (Å²) in [5.74, 6) is 0.618. The summed E-state index contributed by atoms with van der Waals surface area (Å²) < 4.78 is 5.18. The second-order valence-electron chi connectivity index (χ2n) is 7.54. The van der Waals surface area contributed by atoms with Crippen LogP contribution in [0.2, 0.25) is 5.02 Å². The molecule has 1 aliphatic carbocycles. The minimum absolute atomic E-state index is 0.0742. The first kappa shape index (κ1) is 22.2. The minimum atomic E-state index is -0.469. The van der Waals surface area contributed by atoms with E-state index in [0.29, 0.717) is 16.5 Å². The summed E-state index contributed by atoms with van der Waals surface area (Å²) in [4.78, 5) is 26.1. The average molecular weight is 467 g/mol. The molecule has 0 aromatic heterocycles. The first-order chi connectivity index (χ1) is 15.5. The second kappa shape index (κ2) is 10.1. The molecular weight excluding hydrogens is 444 g/mol. The van der Waals surface area contributed by atoms with Crippen molar-refractivity contribution in [3.63, 3.8) is 0 Å². The van der Waals surface area contributed by atoms with Crippen molar-refractivity contribution < 1.29 is 14.3 Å². The number of ether oxygens (including phenoxy) is 1. The molecule has 0 aliphatic heterocycles. The van der Waals surface area contributed by atoms with Crippen molar-refractivity contribution in [2.45, 2.75) is 23.0 Å². The molecule has 4 rings (SSSR count). The van der Waals surface area contributed by atoms with Gasteiger partial charge in [-0.05, 0) is 60.9 Å². The first-order valence-electron chi connectivity index (χ1n) is 10.3. The molecule has 1 unspecified atom stereocenters. The molecule has 0 bridgehead atoms. The van der Waals surface area contributed by atoms with Crippen LogP contribution in [0.15, 0.2) is 77.7 Å². The van der Waals surface area contributed by atoms with E-state index >= 15 is 0 Å². The third-order valence-corrected chi connectivity index (χ3v) is 6.65. The number of anilines is 2. The van der Waals surface area contributed by atoms with Crippen LogP contribution in [0.25, 0.3) is 0 Å². The Hall–Kier alpha value is -2.96. The van der Waals surface area contributed by atoms with Crippen molar-refractivity contribution in [3.05, 3.63) is 83.4 Å². The highest BCUT2D eigenvalue weighted by atomic mass is 35.5. The van der Waals surface area contributed by atoms with Gasteiger partial charge in [0.1, 0.15) is 11.0 Å². The summed E-state index contributed by atoms with van der Waals surface area (Å²) in [6, 6.07) is 22.3. The van der Waals surface area contributed by atoms with Gasteiger partial charge in [-0.25, -0.2) is 0 Å². The molecule has 2 N–H and O–H groups in total. The van der Waals surface area contributed by atoms with Crippen molar-refractivity contribution in [1.29, 1.82) is 0 Å². The Morgan fingerprint density at radius 1 is 0.969 bits per heavy atom. The monoisotopic (exact) mass is 466 g/mol. The zero-order valence-electron chi connectivity index (χ0n) is 17.5. The van der Waals surface area contributed by atoms with E-state index < -0.39 is 5.25 Å². The molecule has 0 spiro atoms. The Bertz CT molecular complexity index is 1100. The van der Waals surface area contributed by atoms with Crippen LogP contribution in [0.4, 0.5) is 11.4 Å². The van der Waals surface area contributed by atoms with Gasteiger partial charge in [-0.1, -0.05) is 41.9 Å². The number of carbonyl (C=O) groups is 2. The molecule has 2 amide bonds. The predicted octanol–water partition coefficient (Wildman–Crippen LogP) is 6.17. The van der Waals surface area contributed by atoms with Gasteiger partial charge in [0, 0.05) is 22.2 Å². The third kappa shape index (κ3) is 5.64. The molecule has 0 saturated heterocycles. The van der Waals surface area contributed by atoms with Crippen molar-refractivity contribution in [2.24, 2.45) is 5.92 Å². The van der Waals surface area contributed by atoms with Crippen LogP contribution in [0.1, 0.15) is 23.7 Å². The Morgan fingerprint density at radius 3 is 2.28 bits per heavy atom. The van der Waals surface area contributed by atoms with Gasteiger partial charge >= 0.3 is 0 Å². The Labute approximate surface area is 196 Å². The second-order valence-corrected chi connectivity index (χ2v) is 9.12. The number of rotatable bonds is 8. The highest BCUT2D eigenvalue weighted by Gasteiger charge is 2.29. The van der Waals surface area contributed by atoms with Crippen LogP contribution in [0.3, 0.4) is 0 Å². The highest BCUT2D eigenvalue weighted by Crippen LogP contribution is 2.37. The average Bonchev–Trinajstić information content (AvgIpc) is 3.65. The lowest BCUT2D eigenvalue weighted by Gasteiger charge is -2.18. The number of methoxy groups -OCH3 is 1. The molecule has 164 valence electrons. The maximum atomic E-state index is 13.2. The van der Waals surface area contributed by atoms with E-state index in [0.717, 1.165) is 29.0 Å². The fraction of sp³-hybridized carbons (Fsp3) is 0.200. The summed E-state index contributed by atoms with van der Waals surface area (Å²) >= 11 is 7.65. The molecule has 5 nitrogen and oxygen atoms in total. The van der Waals surface area contributed by atoms with Gasteiger partial charge in [0.05, 0.1) is 12.1 Å². The van der Waals surface area contributed by atoms with Gasteiger partial charge in [-0.3, -0.25) is 9.59 Å². The number of amides is 2. The van der Waals surface area contributed by atoms with Gasteiger partial charge < -0.3 is 15.4 Å². The third-order valence-electron chi connectivity index (χ3n) is 5.08. The Balaban J connectivity index is 1.50. The molecule has 3 aromatic rings. The minimum Gasteiger partial charge on any atom is -0.495 e. The number of hydrogen-bond donors (Lipinski definition) is 2. The van der Waals surface area contributed by atoms with E-state index in [1.807, 2.05) is 54.6 Å². The largest absolute Gasteiger partial charge is 0.495 e. The lowest BCUT2D eigenvalue weighted by atomic mass is 10.1. The SMILES string of the molecule is COc1ccc(NC(=O)C(Sc2ccc(NC(=O)C3CC3)cc2)c2ccccc2)cc1Cl. The van der Waals surface area contributed by atoms with Crippen molar-refractivity contribution in [3.8, 4) is 5.75 Å². The van der Waals surface area contributed by atoms with Crippen LogP contribution in [0, 0.1) is 5.92 Å². The van der Waals surface area contributed by atoms with E-state index in [-0.39, 0.29) is 17.7 Å². The van der Waals surface area contributed by atoms with Crippen LogP contribution in [0.5, 0.6) is 5.75 Å². The highest BCUT2D eigenvalue weighted by molar-refractivity contribution is 8.00. The molecule has 7 heteroatoms. The van der Waals surface area contributed by atoms with Gasteiger partial charge in [-0.15, -0.1) is 11.8 Å². The lowest BCUT2D eigenvalue weighted by molar-refractivity contribution is -0.117. The zero-order valence-corrected chi connectivity index (χ0v) is 19.1. The van der Waals surface area contributed by atoms with E-state index in [1.165, 1.54) is 11.8 Å². The molecule has 1 saturated carbocycles. The summed E-state index contributed by atoms with van der Waals surface area (Å²) in [6.07, 6.45) is 1.93. The number of nitrogens with one attached hydrogen (secondary N) is 2. The van der Waals surface area contributed by atoms with Gasteiger partial charge in [0.2, 0.25) is 11.8 Å². The molecule has 1 atom stereocenters. The van der Waals surface area contributed by atoms with E-state index in [2.05, 4.69) is 10.6 Å². The topological polar surface area (TPSA) is 67.4 Å². The maximum Gasteiger partial charge on any atom is 0.242 e. The van der Waals surface area contributed by atoms with Crippen molar-refractivity contribution in [2.75, 3.05) is 17.7 Å². The predicted molar refractivity (Wildman–Crippen MR) is 129 cm³/mol. The first-order valence-corrected chi connectivity index (χ1v) is 11.6. The standard InChI is InChI=1S/C25H23ClN2O3S/c1-31-22-14-11-19(15-21(22)26)28-25(30)23(16-5-3-2-4-6-16)32-20-12-9-18(10-13-20)27-24(29)17-7-8-17/h2-6,9-15,17,23H,7-8H2,1H3,(H,27,29)(H,28,30). The fourth-order valence-electron chi connectivity index (χ4n) is 3.20. The fourth-order valence-corrected chi connectivity index (χ4v) is 4.48. The van der Waals surface area contributed by atoms with Crippen LogP contribution >= 0.6 is 23.4 Å².